The molecule has 0 fully saturated rings. The van der Waals surface area contributed by atoms with Crippen LogP contribution in [-0.4, -0.2) is 32.7 Å². The lowest BCUT2D eigenvalue weighted by atomic mass is 10.3. The van der Waals surface area contributed by atoms with E-state index in [1.165, 1.54) is 52.8 Å². The minimum atomic E-state index is -2.90. The molecule has 0 aliphatic rings. The van der Waals surface area contributed by atoms with Crippen molar-refractivity contribution in [3.8, 4) is 11.4 Å². The van der Waals surface area contributed by atoms with Crippen molar-refractivity contribution >= 4 is 37.6 Å². The summed E-state index contributed by atoms with van der Waals surface area (Å²) < 4.78 is 30.7. The molecule has 0 saturated carbocycles. The van der Waals surface area contributed by atoms with Crippen molar-refractivity contribution < 1.29 is 13.5 Å². The third-order valence-corrected chi connectivity index (χ3v) is 4.94. The second-order valence-corrected chi connectivity index (χ2v) is 6.50. The monoisotopic (exact) mass is 389 g/mol. The Hall–Kier alpha value is -3.14. The lowest BCUT2D eigenvalue weighted by Crippen LogP contribution is -2.17. The predicted molar refractivity (Wildman–Crippen MR) is 99.1 cm³/mol. The van der Waals surface area contributed by atoms with Gasteiger partial charge in [-0.05, 0) is 31.2 Å². The van der Waals surface area contributed by atoms with Crippen molar-refractivity contribution in [3.05, 3.63) is 47.3 Å². The van der Waals surface area contributed by atoms with Crippen LogP contribution in [0.1, 0.15) is 6.92 Å². The topological polar surface area (TPSA) is 81.9 Å². The number of fused-ring (bicyclic) bond motifs is 3. The van der Waals surface area contributed by atoms with E-state index in [1.54, 1.807) is 0 Å². The van der Waals surface area contributed by atoms with Crippen LogP contribution in [0.4, 0.5) is 14.6 Å². The minimum absolute atomic E-state index is 0.0169. The Morgan fingerprint density at radius 3 is 2.70 bits per heavy atom. The maximum atomic E-state index is 12.9. The molecule has 10 heteroatoms. The van der Waals surface area contributed by atoms with Gasteiger partial charge in [-0.1, -0.05) is 0 Å². The van der Waals surface area contributed by atoms with E-state index in [2.05, 4.69) is 25.0 Å². The lowest BCUT2D eigenvalue weighted by Gasteiger charge is -2.08. The molecular weight excluding hydrogens is 376 g/mol. The number of halogens is 2. The Kier molecular flexibility index (Phi) is 4.40. The number of ether oxygens (including phenoxy) is 1. The van der Waals surface area contributed by atoms with Gasteiger partial charge >= 0.3 is 6.61 Å². The van der Waals surface area contributed by atoms with E-state index in [4.69, 9.17) is 0 Å². The summed E-state index contributed by atoms with van der Waals surface area (Å²) in [5.41, 5.74) is 0.755. The number of anilines is 1. The Balaban J connectivity index is 1.84. The predicted octanol–water partition coefficient (Wildman–Crippen LogP) is 3.42. The number of nitrogens with zero attached hydrogens (tertiary/aromatic N) is 4. The molecule has 0 atom stereocenters. The van der Waals surface area contributed by atoms with Gasteiger partial charge in [-0.2, -0.15) is 8.78 Å². The van der Waals surface area contributed by atoms with Crippen molar-refractivity contribution in [3.63, 3.8) is 0 Å². The Morgan fingerprint density at radius 2 is 2.00 bits per heavy atom. The normalized spacial score (nSPS) is 11.4. The van der Waals surface area contributed by atoms with Gasteiger partial charge in [-0.15, -0.1) is 11.3 Å². The van der Waals surface area contributed by atoms with Crippen molar-refractivity contribution in [2.45, 2.75) is 13.5 Å². The minimum Gasteiger partial charge on any atom is -0.435 e. The highest BCUT2D eigenvalue weighted by Gasteiger charge is 2.16. The number of nitrogens with one attached hydrogen (secondary N) is 1. The summed E-state index contributed by atoms with van der Waals surface area (Å²) in [6.45, 7) is -0.278. The van der Waals surface area contributed by atoms with Gasteiger partial charge in [0.25, 0.3) is 5.56 Å². The van der Waals surface area contributed by atoms with Crippen LogP contribution in [0.25, 0.3) is 26.1 Å². The van der Waals surface area contributed by atoms with Crippen molar-refractivity contribution in [2.75, 3.05) is 11.9 Å². The first kappa shape index (κ1) is 17.3. The van der Waals surface area contributed by atoms with Gasteiger partial charge in [0.2, 0.25) is 0 Å². The molecule has 0 aliphatic heterocycles. The first-order chi connectivity index (χ1) is 13.1. The zero-order chi connectivity index (χ0) is 19.0. The van der Waals surface area contributed by atoms with E-state index in [0.29, 0.717) is 38.5 Å². The second-order valence-electron chi connectivity index (χ2n) is 5.50. The molecule has 4 aromatic rings. The first-order valence-electron chi connectivity index (χ1n) is 8.02. The fourth-order valence-electron chi connectivity index (χ4n) is 2.74. The molecule has 0 aliphatic carbocycles. The van der Waals surface area contributed by atoms with Crippen molar-refractivity contribution in [1.29, 1.82) is 0 Å². The maximum absolute atomic E-state index is 12.9. The average molecular weight is 389 g/mol. The zero-order valence-corrected chi connectivity index (χ0v) is 14.8. The van der Waals surface area contributed by atoms with E-state index in [1.807, 2.05) is 6.92 Å². The molecule has 0 amide bonds. The maximum Gasteiger partial charge on any atom is 0.387 e. The quantitative estimate of drug-likeness (QED) is 0.563. The Bertz CT molecular complexity index is 1170. The van der Waals surface area contributed by atoms with E-state index < -0.39 is 6.61 Å². The van der Waals surface area contributed by atoms with Crippen LogP contribution >= 0.6 is 11.3 Å². The van der Waals surface area contributed by atoms with Gasteiger partial charge in [0.15, 0.2) is 0 Å². The fraction of sp³-hybridized carbons (Fsp3) is 0.176. The third-order valence-electron chi connectivity index (χ3n) is 3.86. The Labute approximate surface area is 155 Å². The number of thiophene rings is 1. The SMILES string of the molecule is CCNc1ncnc2sc3c(=O)n(-c4ccc(OC(F)F)cc4)cnc3c12. The fourth-order valence-corrected chi connectivity index (χ4v) is 3.76. The molecular formula is C17H13F2N5O2S. The second kappa shape index (κ2) is 6.88. The van der Waals surface area contributed by atoms with Gasteiger partial charge < -0.3 is 10.1 Å². The summed E-state index contributed by atoms with van der Waals surface area (Å²) >= 11 is 1.24. The van der Waals surface area contributed by atoms with Crippen molar-refractivity contribution in [2.24, 2.45) is 0 Å². The molecule has 0 radical (unpaired) electrons. The summed E-state index contributed by atoms with van der Waals surface area (Å²) in [4.78, 5) is 26.5. The van der Waals surface area contributed by atoms with Gasteiger partial charge in [0.05, 0.1) is 11.1 Å². The van der Waals surface area contributed by atoms with E-state index in [0.717, 1.165) is 0 Å². The molecule has 0 bridgehead atoms. The molecule has 7 nitrogen and oxygen atoms in total. The zero-order valence-electron chi connectivity index (χ0n) is 14.0. The molecule has 3 aromatic heterocycles. The van der Waals surface area contributed by atoms with Crippen LogP contribution in [0.5, 0.6) is 5.75 Å². The van der Waals surface area contributed by atoms with E-state index >= 15 is 0 Å². The molecule has 3 heterocycles. The van der Waals surface area contributed by atoms with Gasteiger partial charge in [-0.3, -0.25) is 9.36 Å². The summed E-state index contributed by atoms with van der Waals surface area (Å²) in [6, 6.07) is 5.78. The van der Waals surface area contributed by atoms with Gasteiger partial charge in [0, 0.05) is 6.54 Å². The molecule has 1 aromatic carbocycles. The highest BCUT2D eigenvalue weighted by Crippen LogP contribution is 2.32. The van der Waals surface area contributed by atoms with Crippen LogP contribution < -0.4 is 15.6 Å². The smallest absolute Gasteiger partial charge is 0.387 e. The number of alkyl halides is 2. The Morgan fingerprint density at radius 1 is 1.22 bits per heavy atom. The molecule has 138 valence electrons. The third kappa shape index (κ3) is 3.08. The molecule has 1 N–H and O–H groups in total. The lowest BCUT2D eigenvalue weighted by molar-refractivity contribution is -0.0498. The van der Waals surface area contributed by atoms with Crippen LogP contribution in [0.15, 0.2) is 41.7 Å². The van der Waals surface area contributed by atoms with Gasteiger partial charge in [0.1, 0.15) is 39.3 Å². The highest BCUT2D eigenvalue weighted by atomic mass is 32.1. The molecule has 27 heavy (non-hydrogen) atoms. The molecule has 0 saturated heterocycles. The summed E-state index contributed by atoms with van der Waals surface area (Å²) in [5.74, 6) is 0.648. The summed E-state index contributed by atoms with van der Waals surface area (Å²) in [6.07, 6.45) is 2.85. The molecule has 0 spiro atoms. The summed E-state index contributed by atoms with van der Waals surface area (Å²) in [5, 5.41) is 3.86. The molecule has 0 unspecified atom stereocenters. The number of hydrogen-bond acceptors (Lipinski definition) is 7. The number of benzene rings is 1. The van der Waals surface area contributed by atoms with E-state index in [9.17, 15) is 13.6 Å². The number of aromatic nitrogens is 4. The number of rotatable bonds is 5. The van der Waals surface area contributed by atoms with Gasteiger partial charge in [-0.25, -0.2) is 15.0 Å². The van der Waals surface area contributed by atoms with Crippen LogP contribution in [0.2, 0.25) is 0 Å². The summed E-state index contributed by atoms with van der Waals surface area (Å²) in [7, 11) is 0. The molecule has 4 rings (SSSR count). The van der Waals surface area contributed by atoms with Crippen LogP contribution in [0.3, 0.4) is 0 Å². The van der Waals surface area contributed by atoms with Crippen LogP contribution in [-0.2, 0) is 0 Å². The average Bonchev–Trinajstić information content (AvgIpc) is 3.03. The van der Waals surface area contributed by atoms with E-state index in [-0.39, 0.29) is 11.3 Å². The van der Waals surface area contributed by atoms with Crippen LogP contribution in [0, 0.1) is 0 Å². The van der Waals surface area contributed by atoms with Crippen molar-refractivity contribution in [1.82, 2.24) is 19.5 Å². The number of hydrogen-bond donors (Lipinski definition) is 1. The first-order valence-corrected chi connectivity index (χ1v) is 8.84. The largest absolute Gasteiger partial charge is 0.435 e. The highest BCUT2D eigenvalue weighted by molar-refractivity contribution is 7.25. The standard InChI is InChI=1S/C17H13F2N5O2S/c1-2-20-14-11-12-13(27-15(11)22-7-21-14)16(25)24(8-23-12)9-3-5-10(6-4-9)26-17(18)19/h3-8,17H,2H2,1H3,(H,20,21,22).